The van der Waals surface area contributed by atoms with E-state index in [4.69, 9.17) is 4.74 Å². The first-order chi connectivity index (χ1) is 43.7. The third-order valence-corrected chi connectivity index (χ3v) is 18.4. The van der Waals surface area contributed by atoms with Crippen molar-refractivity contribution < 1.29 is 72.5 Å². The number of fused-ring (bicyclic) bond motifs is 1. The van der Waals surface area contributed by atoms with Crippen LogP contribution in [0.4, 0.5) is 4.79 Å². The number of aliphatic hydroxyl groups is 2. The molecule has 27 nitrogen and oxygen atoms in total. The van der Waals surface area contributed by atoms with E-state index in [1.807, 2.05) is 41.5 Å². The van der Waals surface area contributed by atoms with Crippen LogP contribution in [0.3, 0.4) is 0 Å². The maximum Gasteiger partial charge on any atom is 0.410 e. The van der Waals surface area contributed by atoms with Crippen molar-refractivity contribution in [3.63, 3.8) is 0 Å². The molecule has 534 valence electrons. The third kappa shape index (κ3) is 20.8. The number of hydrogen-bond donors (Lipinski definition) is 6. The quantitative estimate of drug-likeness (QED) is 0.128. The van der Waals surface area contributed by atoms with Crippen LogP contribution < -0.4 is 21.3 Å². The molecule has 12 amide bonds. The second kappa shape index (κ2) is 36.3. The Morgan fingerprint density at radius 2 is 1.00 bits per heavy atom. The van der Waals surface area contributed by atoms with Gasteiger partial charge in [-0.15, -0.1) is 0 Å². The van der Waals surface area contributed by atoms with Crippen LogP contribution in [0.1, 0.15) is 162 Å². The summed E-state index contributed by atoms with van der Waals surface area (Å²) in [6.45, 7) is 27.4. The highest BCUT2D eigenvalue weighted by molar-refractivity contribution is 6.00. The zero-order valence-corrected chi connectivity index (χ0v) is 60.3. The molecule has 15 atom stereocenters. The smallest absolute Gasteiger partial charge is 0.410 e. The van der Waals surface area contributed by atoms with Crippen molar-refractivity contribution in [3.8, 4) is 0 Å². The first-order valence-electron chi connectivity index (χ1n) is 33.7. The van der Waals surface area contributed by atoms with Gasteiger partial charge in [0.2, 0.25) is 65.0 Å². The summed E-state index contributed by atoms with van der Waals surface area (Å²) in [4.78, 5) is 187. The lowest BCUT2D eigenvalue weighted by atomic mass is 9.91. The number of rotatable bonds is 15. The molecule has 0 spiro atoms. The fourth-order valence-corrected chi connectivity index (χ4v) is 12.7. The van der Waals surface area contributed by atoms with Crippen molar-refractivity contribution in [3.05, 3.63) is 12.2 Å². The molecule has 6 N–H and O–H groups in total. The number of carbonyl (C=O) groups excluding carboxylic acids is 12. The molecule has 3 fully saturated rings. The van der Waals surface area contributed by atoms with Crippen LogP contribution in [0.15, 0.2) is 12.2 Å². The number of likely N-dealkylation sites (N-methyl/N-ethyl adjacent to an activating group) is 6. The molecule has 27 heteroatoms. The molecule has 0 aromatic carbocycles. The number of allylic oxidation sites excluding steroid dienone is 2. The highest BCUT2D eigenvalue weighted by atomic mass is 16.6. The Kier molecular flexibility index (Phi) is 31.4. The summed E-state index contributed by atoms with van der Waals surface area (Å²) in [7, 11) is 8.21. The maximum absolute atomic E-state index is 15.4. The van der Waals surface area contributed by atoms with Gasteiger partial charge < -0.3 is 75.4 Å². The van der Waals surface area contributed by atoms with E-state index in [9.17, 15) is 39.0 Å². The Morgan fingerprint density at radius 1 is 0.532 bits per heavy atom. The minimum atomic E-state index is -1.72. The first-order valence-corrected chi connectivity index (χ1v) is 33.7. The van der Waals surface area contributed by atoms with Gasteiger partial charge in [-0.1, -0.05) is 95.2 Å². The Balaban J connectivity index is 2.39. The lowest BCUT2D eigenvalue weighted by Crippen LogP contribution is -2.64. The van der Waals surface area contributed by atoms with Crippen LogP contribution in [0.2, 0.25) is 0 Å². The Hall–Kier alpha value is -6.90. The summed E-state index contributed by atoms with van der Waals surface area (Å²) in [5.74, 6) is -11.1. The molecule has 0 radical (unpaired) electrons. The lowest BCUT2D eigenvalue weighted by Gasteiger charge is -2.41. The number of amides is 12. The van der Waals surface area contributed by atoms with E-state index in [1.54, 1.807) is 60.6 Å². The molecule has 94 heavy (non-hydrogen) atoms. The van der Waals surface area contributed by atoms with E-state index >= 15 is 28.8 Å². The van der Waals surface area contributed by atoms with Gasteiger partial charge in [0, 0.05) is 61.8 Å². The third-order valence-electron chi connectivity index (χ3n) is 18.4. The van der Waals surface area contributed by atoms with Crippen molar-refractivity contribution in [2.45, 2.75) is 247 Å². The number of hydrogen-bond acceptors (Lipinski definition) is 15. The van der Waals surface area contributed by atoms with Gasteiger partial charge in [-0.2, -0.15) is 0 Å². The molecule has 3 rings (SSSR count). The van der Waals surface area contributed by atoms with Gasteiger partial charge in [-0.05, 0) is 108 Å². The highest BCUT2D eigenvalue weighted by Gasteiger charge is 2.50. The van der Waals surface area contributed by atoms with E-state index in [1.165, 1.54) is 82.7 Å². The van der Waals surface area contributed by atoms with Crippen LogP contribution in [0.5, 0.6) is 0 Å². The normalized spacial score (nSPS) is 28.7. The van der Waals surface area contributed by atoms with Crippen LogP contribution in [-0.4, -0.2) is 267 Å². The molecule has 3 aliphatic heterocycles. The summed E-state index contributed by atoms with van der Waals surface area (Å²) < 4.78 is 5.95. The second-order valence-electron chi connectivity index (χ2n) is 28.3. The van der Waals surface area contributed by atoms with Crippen molar-refractivity contribution in [2.75, 3.05) is 61.9 Å². The fourth-order valence-electron chi connectivity index (χ4n) is 12.7. The standard InChI is InChI=1S/C67H116N12O15/c1-23-25-28-41(13)55(81)54-59(85)70-46(24-2)61(87)79-35-45(94-67(93)78-29-26-27-30-78)34-50(79)64(90)76(21)53(44(16)80)58(84)71-51(39(9)10)65(91)72(17)47(31-36(3)4)57(83)68-42(14)56(82)69-43(15)60(86)73(18)48(32-37(5)6)62(88)74(19)49(33-38(7)8)63(89)75(20)52(40(11)12)66(92)77(54)22/h23,25,36-55,80-81H,24,26-35H2,1-22H3,(H,68,83)(H,69,82)(H,70,85)(H,71,84)/b25-23+/t41-,42+,43-,44-,45?,46+,47+,48+,49+,50-,51+,52+,53?,54+,55-/m1/s1. The Bertz CT molecular complexity index is 2680. The maximum atomic E-state index is 15.4. The average Bonchev–Trinajstić information content (AvgIpc) is 1.68. The summed E-state index contributed by atoms with van der Waals surface area (Å²) in [6.07, 6.45) is 0.274. The first kappa shape index (κ1) is 81.3. The molecule has 0 aliphatic carbocycles. The van der Waals surface area contributed by atoms with E-state index < -0.39 is 174 Å². The summed E-state index contributed by atoms with van der Waals surface area (Å²) in [6, 6.07) is -15.2. The number of nitrogens with one attached hydrogen (secondary N) is 4. The second-order valence-corrected chi connectivity index (χ2v) is 28.3. The van der Waals surface area contributed by atoms with E-state index in [0.717, 1.165) is 32.4 Å². The number of ether oxygens (including phenoxy) is 1. The van der Waals surface area contributed by atoms with E-state index in [2.05, 4.69) is 21.3 Å². The van der Waals surface area contributed by atoms with E-state index in [0.29, 0.717) is 13.1 Å². The molecular weight excluding hydrogens is 1210 g/mol. The minimum Gasteiger partial charge on any atom is -0.444 e. The zero-order valence-electron chi connectivity index (χ0n) is 60.3. The van der Waals surface area contributed by atoms with Gasteiger partial charge in [-0.3, -0.25) is 52.7 Å². The highest BCUT2D eigenvalue weighted by Crippen LogP contribution is 2.29. The number of carbonyl (C=O) groups is 12. The van der Waals surface area contributed by atoms with Crippen molar-refractivity contribution in [2.24, 2.45) is 35.5 Å². The van der Waals surface area contributed by atoms with Gasteiger partial charge in [0.1, 0.15) is 72.6 Å². The topological polar surface area (TPSA) is 329 Å². The summed E-state index contributed by atoms with van der Waals surface area (Å²) in [5.41, 5.74) is 0. The Labute approximate surface area is 558 Å². The molecule has 3 saturated heterocycles. The van der Waals surface area contributed by atoms with Gasteiger partial charge >= 0.3 is 6.09 Å². The lowest BCUT2D eigenvalue weighted by molar-refractivity contribution is -0.157. The van der Waals surface area contributed by atoms with Gasteiger partial charge in [0.25, 0.3) is 0 Å². The van der Waals surface area contributed by atoms with Gasteiger partial charge in [-0.25, -0.2) is 4.79 Å². The monoisotopic (exact) mass is 1330 g/mol. The van der Waals surface area contributed by atoms with Crippen molar-refractivity contribution in [1.82, 2.24) is 60.5 Å². The zero-order chi connectivity index (χ0) is 71.8. The molecule has 3 aliphatic rings. The summed E-state index contributed by atoms with van der Waals surface area (Å²) in [5, 5.41) is 34.5. The molecule has 2 unspecified atom stereocenters. The largest absolute Gasteiger partial charge is 0.444 e. The van der Waals surface area contributed by atoms with Crippen LogP contribution in [0.25, 0.3) is 0 Å². The van der Waals surface area contributed by atoms with Gasteiger partial charge in [0.15, 0.2) is 0 Å². The molecule has 0 saturated carbocycles. The number of nitrogens with zero attached hydrogens (tertiary/aromatic N) is 8. The fraction of sp³-hybridized carbons (Fsp3) is 0.791. The Morgan fingerprint density at radius 3 is 1.49 bits per heavy atom. The molecule has 0 aromatic rings. The van der Waals surface area contributed by atoms with Crippen LogP contribution in [0, 0.1) is 35.5 Å². The SMILES string of the molecule is C/C=C/C[C@@H](C)[C@@H](O)[C@H]1C(=O)N[C@@H](CC)C(=O)N2CC(OC(=O)N3CCCC3)C[C@@H]2C(=O)N(C)C([C@@H](C)O)C(=O)N[C@@H](C(C)C)C(=O)N(C)[C@@H](CC(C)C)C(=O)N[C@@H](C)C(=O)N[C@H](C)C(=O)N(C)[C@@H](CC(C)C)C(=O)N(C)[C@@H](CC(C)C)C(=O)N(C)[C@@H](C(C)C)C(=O)N1C. The summed E-state index contributed by atoms with van der Waals surface area (Å²) >= 11 is 0. The predicted molar refractivity (Wildman–Crippen MR) is 354 cm³/mol. The number of aliphatic hydroxyl groups excluding tert-OH is 2. The van der Waals surface area contributed by atoms with Gasteiger partial charge in [0.05, 0.1) is 18.8 Å². The van der Waals surface area contributed by atoms with E-state index in [-0.39, 0.29) is 62.8 Å². The number of likely N-dealkylation sites (tertiary alicyclic amines) is 1. The van der Waals surface area contributed by atoms with Crippen molar-refractivity contribution >= 4 is 71.1 Å². The molecule has 3 heterocycles. The average molecular weight is 1330 g/mol. The molecular formula is C67H116N12O15. The molecule has 0 aromatic heterocycles. The van der Waals surface area contributed by atoms with Crippen LogP contribution in [-0.2, 0) is 57.5 Å². The minimum absolute atomic E-state index is 0.0909. The van der Waals surface area contributed by atoms with Crippen molar-refractivity contribution in [1.29, 1.82) is 0 Å². The molecule has 0 bridgehead atoms. The van der Waals surface area contributed by atoms with Crippen LogP contribution >= 0.6 is 0 Å². The predicted octanol–water partition coefficient (Wildman–Crippen LogP) is 2.35.